The third kappa shape index (κ3) is 8.16. The number of aliphatic carboxylic acids is 1. The average molecular weight is 619 g/mol. The van der Waals surface area contributed by atoms with Crippen LogP contribution in [0.5, 0.6) is 0 Å². The number of alkyl halides is 3. The fourth-order valence-electron chi connectivity index (χ4n) is 4.78. The van der Waals surface area contributed by atoms with Crippen LogP contribution in [-0.4, -0.2) is 65.6 Å². The molecule has 1 saturated heterocycles. The SMILES string of the molecule is FC(F)F.O=C(NC(Cc1cccc(Cn2c(=O)ccc3ccncc32)c1)C(=O)O)c1c(F)cc(N2CCOCC2)cc1F. The van der Waals surface area contributed by atoms with Crippen LogP contribution >= 0.6 is 0 Å². The molecular weight excluding hydrogens is 591 g/mol. The Morgan fingerprint density at radius 3 is 2.30 bits per heavy atom. The van der Waals surface area contributed by atoms with Crippen molar-refractivity contribution in [3.63, 3.8) is 0 Å². The van der Waals surface area contributed by atoms with Crippen molar-refractivity contribution in [3.8, 4) is 0 Å². The predicted molar refractivity (Wildman–Crippen MR) is 151 cm³/mol. The molecule has 1 amide bonds. The summed E-state index contributed by atoms with van der Waals surface area (Å²) in [7, 11) is 0. The largest absolute Gasteiger partial charge is 0.480 e. The molecule has 0 aliphatic carbocycles. The lowest BCUT2D eigenvalue weighted by molar-refractivity contribution is -0.139. The molecule has 0 saturated carbocycles. The van der Waals surface area contributed by atoms with Crippen molar-refractivity contribution < 1.29 is 41.4 Å². The molecule has 232 valence electrons. The van der Waals surface area contributed by atoms with Crippen LogP contribution in [0.15, 0.2) is 71.8 Å². The molecule has 3 heterocycles. The maximum Gasteiger partial charge on any atom is 0.379 e. The Hall–Kier alpha value is -4.85. The summed E-state index contributed by atoms with van der Waals surface area (Å²) < 4.78 is 65.5. The van der Waals surface area contributed by atoms with Crippen LogP contribution in [0.3, 0.4) is 0 Å². The quantitative estimate of drug-likeness (QED) is 0.285. The van der Waals surface area contributed by atoms with Gasteiger partial charge in [0.15, 0.2) is 0 Å². The Balaban J connectivity index is 0.00000104. The van der Waals surface area contributed by atoms with Crippen LogP contribution in [0.2, 0.25) is 0 Å². The van der Waals surface area contributed by atoms with E-state index in [0.29, 0.717) is 37.4 Å². The first-order valence-electron chi connectivity index (χ1n) is 13.3. The second-order valence-electron chi connectivity index (χ2n) is 9.71. The number of benzene rings is 2. The van der Waals surface area contributed by atoms with Gasteiger partial charge in [-0.15, -0.1) is 0 Å². The minimum atomic E-state index is -3.67. The van der Waals surface area contributed by atoms with E-state index in [1.807, 2.05) is 0 Å². The molecule has 4 aromatic rings. The van der Waals surface area contributed by atoms with E-state index in [0.717, 1.165) is 23.1 Å². The number of amides is 1. The second-order valence-corrected chi connectivity index (χ2v) is 9.71. The number of aromatic nitrogens is 2. The average Bonchev–Trinajstić information content (AvgIpc) is 2.98. The number of pyridine rings is 2. The monoisotopic (exact) mass is 618 g/mol. The Bertz CT molecular complexity index is 1670. The van der Waals surface area contributed by atoms with Gasteiger partial charge in [-0.3, -0.25) is 14.6 Å². The van der Waals surface area contributed by atoms with Crippen molar-refractivity contribution in [1.29, 1.82) is 0 Å². The molecule has 5 rings (SSSR count). The first kappa shape index (κ1) is 32.1. The van der Waals surface area contributed by atoms with Crippen LogP contribution in [0, 0.1) is 11.6 Å². The number of ether oxygens (including phenoxy) is 1. The number of hydrogen-bond acceptors (Lipinski definition) is 6. The van der Waals surface area contributed by atoms with Crippen molar-refractivity contribution >= 4 is 28.5 Å². The molecule has 1 fully saturated rings. The summed E-state index contributed by atoms with van der Waals surface area (Å²) in [6, 6.07) is 12.6. The van der Waals surface area contributed by atoms with Crippen molar-refractivity contribution in [2.75, 3.05) is 31.2 Å². The summed E-state index contributed by atoms with van der Waals surface area (Å²) in [4.78, 5) is 43.2. The van der Waals surface area contributed by atoms with E-state index in [-0.39, 0.29) is 24.2 Å². The maximum atomic E-state index is 14.9. The number of carboxylic acids is 1. The zero-order chi connectivity index (χ0) is 31.8. The summed E-state index contributed by atoms with van der Waals surface area (Å²) in [6.45, 7) is -1.70. The third-order valence-electron chi connectivity index (χ3n) is 6.80. The topological polar surface area (TPSA) is 114 Å². The second kappa shape index (κ2) is 14.6. The van der Waals surface area contributed by atoms with Gasteiger partial charge in [-0.05, 0) is 35.4 Å². The van der Waals surface area contributed by atoms with Crippen LogP contribution in [-0.2, 0) is 22.5 Å². The van der Waals surface area contributed by atoms with Gasteiger partial charge in [0, 0.05) is 42.8 Å². The van der Waals surface area contributed by atoms with Gasteiger partial charge in [-0.25, -0.2) is 13.6 Å². The number of rotatable bonds is 8. The number of carbonyl (C=O) groups is 2. The zero-order valence-electron chi connectivity index (χ0n) is 23.1. The number of nitrogens with zero attached hydrogens (tertiary/aromatic N) is 3. The molecule has 2 aromatic carbocycles. The highest BCUT2D eigenvalue weighted by atomic mass is 19.4. The molecule has 0 radical (unpaired) electrons. The molecular formula is C30H27F5N4O5. The summed E-state index contributed by atoms with van der Waals surface area (Å²) in [6.07, 6.45) is 3.09. The smallest absolute Gasteiger partial charge is 0.379 e. The molecule has 2 aromatic heterocycles. The molecule has 0 spiro atoms. The van der Waals surface area contributed by atoms with Crippen LogP contribution in [0.1, 0.15) is 21.5 Å². The minimum Gasteiger partial charge on any atom is -0.480 e. The van der Waals surface area contributed by atoms with Crippen LogP contribution in [0.4, 0.5) is 27.6 Å². The lowest BCUT2D eigenvalue weighted by atomic mass is 10.0. The van der Waals surface area contributed by atoms with Gasteiger partial charge < -0.3 is 24.6 Å². The maximum absolute atomic E-state index is 14.9. The number of halogens is 5. The van der Waals surface area contributed by atoms with Gasteiger partial charge in [0.25, 0.3) is 11.5 Å². The van der Waals surface area contributed by atoms with E-state index in [9.17, 15) is 41.4 Å². The van der Waals surface area contributed by atoms with E-state index in [1.165, 1.54) is 6.07 Å². The Morgan fingerprint density at radius 2 is 1.64 bits per heavy atom. The first-order valence-corrected chi connectivity index (χ1v) is 13.3. The Kier molecular flexibility index (Phi) is 10.6. The highest BCUT2D eigenvalue weighted by Gasteiger charge is 2.26. The first-order chi connectivity index (χ1) is 21.0. The molecule has 1 atom stereocenters. The van der Waals surface area contributed by atoms with Crippen molar-refractivity contribution in [3.05, 3.63) is 106 Å². The van der Waals surface area contributed by atoms with Gasteiger partial charge in [0.1, 0.15) is 23.2 Å². The van der Waals surface area contributed by atoms with Crippen molar-refractivity contribution in [1.82, 2.24) is 14.9 Å². The van der Waals surface area contributed by atoms with E-state index in [4.69, 9.17) is 4.74 Å². The number of hydrogen-bond donors (Lipinski definition) is 2. The summed E-state index contributed by atoms with van der Waals surface area (Å²) in [5.41, 5.74) is 1.15. The molecule has 1 aliphatic heterocycles. The standard InChI is InChI=1S/C29H26F2N4O5.CHF3/c30-22-14-21(34-8-10-40-11-9-34)15-23(31)27(22)28(37)33-24(29(38)39)13-18-2-1-3-19(12-18)17-35-25-16-32-7-6-20(25)4-5-26(35)36;2-1(3)4/h1-7,12,14-16,24H,8-11,13,17H2,(H,33,37)(H,38,39);1H. The summed E-state index contributed by atoms with van der Waals surface area (Å²) in [5, 5.41) is 12.9. The molecule has 1 aliphatic rings. The summed E-state index contributed by atoms with van der Waals surface area (Å²) >= 11 is 0. The number of anilines is 1. The van der Waals surface area contributed by atoms with Gasteiger partial charge in [-0.2, -0.15) is 13.2 Å². The van der Waals surface area contributed by atoms with E-state index in [1.54, 1.807) is 58.3 Å². The normalized spacial score (nSPS) is 13.7. The Labute approximate surface area is 247 Å². The fourth-order valence-corrected chi connectivity index (χ4v) is 4.78. The van der Waals surface area contributed by atoms with E-state index < -0.39 is 41.8 Å². The van der Waals surface area contributed by atoms with Crippen LogP contribution in [0.25, 0.3) is 10.9 Å². The molecule has 44 heavy (non-hydrogen) atoms. The number of fused-ring (bicyclic) bond motifs is 1. The molecule has 9 nitrogen and oxygen atoms in total. The van der Waals surface area contributed by atoms with Gasteiger partial charge >= 0.3 is 12.6 Å². The highest BCUT2D eigenvalue weighted by molar-refractivity contribution is 5.97. The molecule has 14 heteroatoms. The fraction of sp³-hybridized carbons (Fsp3) is 0.267. The van der Waals surface area contributed by atoms with Crippen LogP contribution < -0.4 is 15.8 Å². The number of morpholine rings is 1. The van der Waals surface area contributed by atoms with E-state index >= 15 is 0 Å². The van der Waals surface area contributed by atoms with Gasteiger partial charge in [-0.1, -0.05) is 24.3 Å². The molecule has 1 unspecified atom stereocenters. The molecule has 0 bridgehead atoms. The molecule has 2 N–H and O–H groups in total. The van der Waals surface area contributed by atoms with Gasteiger partial charge in [0.05, 0.1) is 31.5 Å². The third-order valence-corrected chi connectivity index (χ3v) is 6.80. The number of nitrogens with one attached hydrogen (secondary N) is 1. The van der Waals surface area contributed by atoms with Gasteiger partial charge in [0.2, 0.25) is 0 Å². The lowest BCUT2D eigenvalue weighted by Gasteiger charge is -2.29. The number of carbonyl (C=O) groups excluding carboxylic acids is 1. The van der Waals surface area contributed by atoms with Crippen molar-refractivity contribution in [2.45, 2.75) is 25.7 Å². The van der Waals surface area contributed by atoms with Crippen molar-refractivity contribution in [2.24, 2.45) is 0 Å². The summed E-state index contributed by atoms with van der Waals surface area (Å²) in [5.74, 6) is -4.69. The lowest BCUT2D eigenvalue weighted by Crippen LogP contribution is -2.43. The predicted octanol–water partition coefficient (Wildman–Crippen LogP) is 4.16. The number of carboxylic acid groups (broad SMARTS) is 1. The van der Waals surface area contributed by atoms with E-state index in [2.05, 4.69) is 10.3 Å². The highest BCUT2D eigenvalue weighted by Crippen LogP contribution is 2.23. The zero-order valence-corrected chi connectivity index (χ0v) is 23.1. The minimum absolute atomic E-state index is 0.143. The Morgan fingerprint density at radius 1 is 0.977 bits per heavy atom.